The van der Waals surface area contributed by atoms with Gasteiger partial charge in [0.1, 0.15) is 12.2 Å². The molecule has 10 nitrogen and oxygen atoms in total. The predicted molar refractivity (Wildman–Crippen MR) is 111 cm³/mol. The Kier molecular flexibility index (Phi) is 6.35. The van der Waals surface area contributed by atoms with E-state index < -0.39 is 20.2 Å². The Morgan fingerprint density at radius 1 is 1.30 bits per heavy atom. The summed E-state index contributed by atoms with van der Waals surface area (Å²) < 4.78 is 24.1. The second-order valence-electron chi connectivity index (χ2n) is 8.24. The van der Waals surface area contributed by atoms with Gasteiger partial charge in [0.15, 0.2) is 11.9 Å². The van der Waals surface area contributed by atoms with E-state index in [0.29, 0.717) is 17.5 Å². The minimum absolute atomic E-state index is 0.0803. The fraction of sp³-hybridized carbons (Fsp3) is 0.722. The first kappa shape index (κ1) is 21.9. The van der Waals surface area contributed by atoms with Gasteiger partial charge in [0.2, 0.25) is 5.28 Å². The Morgan fingerprint density at radius 3 is 2.73 bits per heavy atom. The van der Waals surface area contributed by atoms with Gasteiger partial charge < -0.3 is 24.6 Å². The monoisotopic (exact) mass is 459 g/mol. The smallest absolute Gasteiger partial charge is 0.350 e. The molecule has 2 aliphatic rings. The molecule has 0 radical (unpaired) electrons. The Morgan fingerprint density at radius 2 is 2.03 bits per heavy atom. The van der Waals surface area contributed by atoms with Crippen molar-refractivity contribution in [1.29, 1.82) is 0 Å². The molecule has 0 aromatic carbocycles. The van der Waals surface area contributed by atoms with Gasteiger partial charge in [-0.2, -0.15) is 15.1 Å². The van der Waals surface area contributed by atoms with Crippen LogP contribution < -0.4 is 5.32 Å². The van der Waals surface area contributed by atoms with Crippen molar-refractivity contribution < 1.29 is 23.8 Å². The standard InChI is InChI=1S/C18H27ClN5O5P/c1-10-11(2)17(29-14(10)8-28-9-30(25,26)27)24-16-13(7-20-24)15(22-18(19)23-16)21-12-5-3-4-6-12/h7,10-12,14,17H,3-6,8-9H2,1-2H3,(H,21,22,23)(H2,25,26,27)/t10-,11+,14-,17+/m0/s1. The molecule has 2 fully saturated rings. The van der Waals surface area contributed by atoms with Gasteiger partial charge >= 0.3 is 7.60 Å². The molecule has 4 rings (SSSR count). The van der Waals surface area contributed by atoms with Crippen molar-refractivity contribution in [3.05, 3.63) is 11.5 Å². The van der Waals surface area contributed by atoms with Crippen molar-refractivity contribution in [3.8, 4) is 0 Å². The van der Waals surface area contributed by atoms with Gasteiger partial charge in [-0.15, -0.1) is 0 Å². The summed E-state index contributed by atoms with van der Waals surface area (Å²) >= 11 is 6.21. The lowest BCUT2D eigenvalue weighted by Crippen LogP contribution is -2.22. The molecule has 4 atom stereocenters. The Balaban J connectivity index is 1.55. The van der Waals surface area contributed by atoms with Crippen LogP contribution in [0.4, 0.5) is 5.82 Å². The van der Waals surface area contributed by atoms with Gasteiger partial charge in [0.25, 0.3) is 0 Å². The molecule has 3 N–H and O–H groups in total. The Labute approximate surface area is 179 Å². The first-order valence-electron chi connectivity index (χ1n) is 10.2. The van der Waals surface area contributed by atoms with Gasteiger partial charge in [0, 0.05) is 12.0 Å². The maximum absolute atomic E-state index is 11.0. The van der Waals surface area contributed by atoms with Gasteiger partial charge in [-0.1, -0.05) is 26.7 Å². The summed E-state index contributed by atoms with van der Waals surface area (Å²) in [7, 11) is -4.21. The van der Waals surface area contributed by atoms with E-state index in [1.807, 2.05) is 13.8 Å². The lowest BCUT2D eigenvalue weighted by molar-refractivity contribution is -0.0508. The third-order valence-electron chi connectivity index (χ3n) is 6.08. The van der Waals surface area contributed by atoms with Crippen LogP contribution in [0, 0.1) is 11.8 Å². The van der Waals surface area contributed by atoms with Crippen molar-refractivity contribution in [1.82, 2.24) is 19.7 Å². The zero-order valence-corrected chi connectivity index (χ0v) is 18.6. The molecule has 30 heavy (non-hydrogen) atoms. The van der Waals surface area contributed by atoms with Crippen LogP contribution in [0.5, 0.6) is 0 Å². The molecule has 2 aromatic rings. The number of ether oxygens (including phenoxy) is 2. The normalized spacial score (nSPS) is 27.9. The topological polar surface area (TPSA) is 132 Å². The number of fused-ring (bicyclic) bond motifs is 1. The van der Waals surface area contributed by atoms with Crippen LogP contribution in [-0.4, -0.2) is 54.6 Å². The van der Waals surface area contributed by atoms with Gasteiger partial charge in [-0.25, -0.2) is 4.68 Å². The first-order chi connectivity index (χ1) is 14.2. The number of aromatic nitrogens is 4. The predicted octanol–water partition coefficient (Wildman–Crippen LogP) is 3.16. The average Bonchev–Trinajstić information content (AvgIpc) is 3.37. The van der Waals surface area contributed by atoms with Crippen LogP contribution in [-0.2, 0) is 14.0 Å². The summed E-state index contributed by atoms with van der Waals surface area (Å²) in [6, 6.07) is 0.375. The summed E-state index contributed by atoms with van der Waals surface area (Å²) in [5.41, 5.74) is 0.594. The number of rotatable bonds is 7. The highest BCUT2D eigenvalue weighted by Crippen LogP contribution is 2.41. The Hall–Kier alpha value is -1.29. The van der Waals surface area contributed by atoms with Crippen LogP contribution in [0.15, 0.2) is 6.20 Å². The highest BCUT2D eigenvalue weighted by Gasteiger charge is 2.41. The number of hydrogen-bond acceptors (Lipinski definition) is 7. The molecule has 1 aliphatic carbocycles. The van der Waals surface area contributed by atoms with Crippen molar-refractivity contribution in [3.63, 3.8) is 0 Å². The molecule has 2 aromatic heterocycles. The van der Waals surface area contributed by atoms with Gasteiger partial charge in [-0.05, 0) is 30.4 Å². The van der Waals surface area contributed by atoms with Crippen LogP contribution in [0.1, 0.15) is 45.8 Å². The molecular formula is C18H27ClN5O5P. The van der Waals surface area contributed by atoms with E-state index in [2.05, 4.69) is 20.4 Å². The molecule has 0 spiro atoms. The van der Waals surface area contributed by atoms with Crippen molar-refractivity contribution >= 4 is 36.0 Å². The number of anilines is 1. The van der Waals surface area contributed by atoms with Crippen molar-refractivity contribution in [2.45, 2.75) is 57.9 Å². The number of hydrogen-bond donors (Lipinski definition) is 3. The summed E-state index contributed by atoms with van der Waals surface area (Å²) in [6.45, 7) is 4.17. The highest BCUT2D eigenvalue weighted by molar-refractivity contribution is 7.51. The van der Waals surface area contributed by atoms with E-state index in [9.17, 15) is 4.57 Å². The average molecular weight is 460 g/mol. The molecule has 0 unspecified atom stereocenters. The van der Waals surface area contributed by atoms with Crippen LogP contribution in [0.3, 0.4) is 0 Å². The third kappa shape index (κ3) is 4.64. The number of nitrogens with zero attached hydrogens (tertiary/aromatic N) is 4. The fourth-order valence-corrected chi connectivity index (χ4v) is 4.75. The molecule has 12 heteroatoms. The fourth-order valence-electron chi connectivity index (χ4n) is 4.24. The maximum atomic E-state index is 11.0. The summed E-state index contributed by atoms with van der Waals surface area (Å²) in [4.78, 5) is 26.7. The Bertz CT molecular complexity index is 946. The van der Waals surface area contributed by atoms with Crippen molar-refractivity contribution in [2.75, 3.05) is 18.3 Å². The minimum Gasteiger partial charge on any atom is -0.367 e. The van der Waals surface area contributed by atoms with E-state index in [1.54, 1.807) is 10.9 Å². The van der Waals surface area contributed by atoms with Crippen LogP contribution in [0.2, 0.25) is 5.28 Å². The summed E-state index contributed by atoms with van der Waals surface area (Å²) in [6.07, 6.45) is 5.01. The quantitative estimate of drug-likeness (QED) is 0.422. The molecule has 166 valence electrons. The SMILES string of the molecule is C[C@@H]1[C@H](C)[C@H](COCP(=O)(O)O)O[C@H]1n1ncc2c(NC3CCCC3)nc(Cl)nc21. The van der Waals surface area contributed by atoms with E-state index in [1.165, 1.54) is 12.8 Å². The number of halogens is 1. The first-order valence-corrected chi connectivity index (χ1v) is 12.4. The van der Waals surface area contributed by atoms with Gasteiger partial charge in [0.05, 0.1) is 24.3 Å². The maximum Gasteiger partial charge on any atom is 0.350 e. The highest BCUT2D eigenvalue weighted by atomic mass is 35.5. The summed E-state index contributed by atoms with van der Waals surface area (Å²) in [5, 5.41) is 8.92. The minimum atomic E-state index is -4.21. The lowest BCUT2D eigenvalue weighted by atomic mass is 9.93. The second-order valence-corrected chi connectivity index (χ2v) is 10.2. The molecule has 1 saturated carbocycles. The third-order valence-corrected chi connectivity index (χ3v) is 6.77. The van der Waals surface area contributed by atoms with E-state index >= 15 is 0 Å². The van der Waals surface area contributed by atoms with E-state index in [0.717, 1.165) is 18.2 Å². The lowest BCUT2D eigenvalue weighted by Gasteiger charge is -2.18. The largest absolute Gasteiger partial charge is 0.367 e. The molecule has 1 saturated heterocycles. The molecule has 1 aliphatic heterocycles. The second kappa shape index (κ2) is 8.68. The molecule has 0 bridgehead atoms. The molecule has 0 amide bonds. The van der Waals surface area contributed by atoms with Crippen LogP contribution in [0.25, 0.3) is 11.0 Å². The zero-order valence-electron chi connectivity index (χ0n) is 16.9. The van der Waals surface area contributed by atoms with Crippen molar-refractivity contribution in [2.24, 2.45) is 11.8 Å². The van der Waals surface area contributed by atoms with Gasteiger partial charge in [-0.3, -0.25) is 4.57 Å². The molecular weight excluding hydrogens is 433 g/mol. The van der Waals surface area contributed by atoms with Crippen LogP contribution >= 0.6 is 19.2 Å². The zero-order chi connectivity index (χ0) is 21.5. The number of nitrogens with one attached hydrogen (secondary N) is 1. The molecule has 3 heterocycles. The van der Waals surface area contributed by atoms with E-state index in [-0.39, 0.29) is 29.8 Å². The summed E-state index contributed by atoms with van der Waals surface area (Å²) in [5.74, 6) is 0.861. The van der Waals surface area contributed by atoms with E-state index in [4.69, 9.17) is 30.9 Å².